The molecule has 6 rings (SSSR count). The minimum Gasteiger partial charge on any atom is -0.496 e. The molecule has 0 saturated carbocycles. The van der Waals surface area contributed by atoms with Gasteiger partial charge in [-0.2, -0.15) is 13.2 Å². The molecule has 1 atom stereocenters. The smallest absolute Gasteiger partial charge is 0.416 e. The standard InChI is InChI=1S/C37H42Cl2F3N5O3/c1-3-50-22-21-47-32-8-5-4-7-31(32)43-35(47)45-16-6-15-44(19-20-45)17-13-36(26-9-11-29(38)30(39)24-26)14-18-46(25-36)34(48)28-23-27(37(40,41)42)10-12-33(28)49-2/h4-5,7-12,23-24H,3,6,13-22,25H2,1-2H3. The number of ether oxygens (including phenoxy) is 2. The van der Waals surface area contributed by atoms with Crippen LogP contribution in [0.4, 0.5) is 19.1 Å². The van der Waals surface area contributed by atoms with Crippen molar-refractivity contribution in [2.45, 2.75) is 44.3 Å². The van der Waals surface area contributed by atoms with E-state index in [2.05, 4.69) is 20.4 Å². The highest BCUT2D eigenvalue weighted by atomic mass is 35.5. The number of methoxy groups -OCH3 is 1. The Morgan fingerprint density at radius 1 is 0.960 bits per heavy atom. The number of imidazole rings is 1. The Morgan fingerprint density at radius 2 is 1.78 bits per heavy atom. The Labute approximate surface area is 300 Å². The second-order valence-corrected chi connectivity index (χ2v) is 13.8. The summed E-state index contributed by atoms with van der Waals surface area (Å²) in [7, 11) is 1.35. The molecule has 1 unspecified atom stereocenters. The molecule has 2 saturated heterocycles. The molecule has 2 aliphatic rings. The largest absolute Gasteiger partial charge is 0.496 e. The van der Waals surface area contributed by atoms with Gasteiger partial charge in [0.1, 0.15) is 5.75 Å². The van der Waals surface area contributed by atoms with Gasteiger partial charge in [-0.1, -0.05) is 41.4 Å². The Kier molecular flexibility index (Phi) is 11.2. The lowest BCUT2D eigenvalue weighted by Gasteiger charge is -2.33. The van der Waals surface area contributed by atoms with Crippen molar-refractivity contribution in [2.24, 2.45) is 0 Å². The molecule has 3 aromatic carbocycles. The Morgan fingerprint density at radius 3 is 2.54 bits per heavy atom. The Hall–Kier alpha value is -3.51. The van der Waals surface area contributed by atoms with E-state index in [-0.39, 0.29) is 11.3 Å². The number of rotatable bonds is 11. The average molecular weight is 733 g/mol. The van der Waals surface area contributed by atoms with Crippen LogP contribution in [0.25, 0.3) is 11.0 Å². The number of hydrogen-bond acceptors (Lipinski definition) is 6. The highest BCUT2D eigenvalue weighted by molar-refractivity contribution is 6.42. The van der Waals surface area contributed by atoms with E-state index in [1.54, 1.807) is 11.0 Å². The lowest BCUT2D eigenvalue weighted by Crippen LogP contribution is -2.39. The van der Waals surface area contributed by atoms with Crippen molar-refractivity contribution < 1.29 is 27.4 Å². The summed E-state index contributed by atoms with van der Waals surface area (Å²) in [5.41, 5.74) is 1.54. The number of hydrogen-bond donors (Lipinski definition) is 0. The van der Waals surface area contributed by atoms with Gasteiger partial charge < -0.3 is 28.7 Å². The van der Waals surface area contributed by atoms with Crippen molar-refractivity contribution >= 4 is 46.1 Å². The van der Waals surface area contributed by atoms with Gasteiger partial charge in [0.05, 0.1) is 45.9 Å². The number of carbonyl (C=O) groups is 1. The number of amides is 1. The van der Waals surface area contributed by atoms with E-state index in [0.717, 1.165) is 86.8 Å². The number of alkyl halides is 3. The number of anilines is 1. The molecule has 3 heterocycles. The summed E-state index contributed by atoms with van der Waals surface area (Å²) >= 11 is 12.8. The third-order valence-corrected chi connectivity index (χ3v) is 10.7. The number of fused-ring (bicyclic) bond motifs is 1. The maximum atomic E-state index is 13.8. The molecular formula is C37H42Cl2F3N5O3. The van der Waals surface area contributed by atoms with E-state index in [9.17, 15) is 18.0 Å². The van der Waals surface area contributed by atoms with Gasteiger partial charge in [0, 0.05) is 51.3 Å². The molecule has 2 fully saturated rings. The van der Waals surface area contributed by atoms with Gasteiger partial charge in [-0.25, -0.2) is 4.98 Å². The van der Waals surface area contributed by atoms with Crippen LogP contribution in [0.5, 0.6) is 5.75 Å². The summed E-state index contributed by atoms with van der Waals surface area (Å²) in [6.45, 7) is 8.87. The topological polar surface area (TPSA) is 63.1 Å². The van der Waals surface area contributed by atoms with E-state index >= 15 is 0 Å². The third-order valence-electron chi connectivity index (χ3n) is 10.0. The van der Waals surface area contributed by atoms with Crippen molar-refractivity contribution in [2.75, 3.05) is 71.0 Å². The van der Waals surface area contributed by atoms with Gasteiger partial charge in [0.25, 0.3) is 5.91 Å². The number of para-hydroxylation sites is 2. The van der Waals surface area contributed by atoms with E-state index < -0.39 is 23.1 Å². The quantitative estimate of drug-likeness (QED) is 0.147. The van der Waals surface area contributed by atoms with Crippen LogP contribution in [0, 0.1) is 0 Å². The van der Waals surface area contributed by atoms with Crippen LogP contribution in [0.1, 0.15) is 47.7 Å². The number of carbonyl (C=O) groups excluding carboxylic acids is 1. The lowest BCUT2D eigenvalue weighted by molar-refractivity contribution is -0.137. The van der Waals surface area contributed by atoms with Crippen LogP contribution in [-0.4, -0.2) is 91.4 Å². The maximum Gasteiger partial charge on any atom is 0.416 e. The summed E-state index contributed by atoms with van der Waals surface area (Å²) in [5.74, 6) is 0.568. The molecule has 13 heteroatoms. The fourth-order valence-electron chi connectivity index (χ4n) is 7.27. The highest BCUT2D eigenvalue weighted by Crippen LogP contribution is 2.42. The van der Waals surface area contributed by atoms with Gasteiger partial charge in [-0.05, 0) is 87.3 Å². The predicted molar refractivity (Wildman–Crippen MR) is 191 cm³/mol. The van der Waals surface area contributed by atoms with Crippen molar-refractivity contribution in [3.8, 4) is 5.75 Å². The SMILES string of the molecule is CCOCCn1c(N2CCCN(CCC3(c4ccc(Cl)c(Cl)c4)CCN(C(=O)c4cc(C(F)(F)F)ccc4OC)C3)CC2)nc2ccccc21. The van der Waals surface area contributed by atoms with Crippen molar-refractivity contribution in [3.63, 3.8) is 0 Å². The number of aromatic nitrogens is 2. The lowest BCUT2D eigenvalue weighted by atomic mass is 9.76. The van der Waals surface area contributed by atoms with E-state index in [1.165, 1.54) is 13.2 Å². The summed E-state index contributed by atoms with van der Waals surface area (Å²) in [5, 5.41) is 0.857. The predicted octanol–water partition coefficient (Wildman–Crippen LogP) is 7.79. The van der Waals surface area contributed by atoms with Gasteiger partial charge >= 0.3 is 6.18 Å². The van der Waals surface area contributed by atoms with Crippen molar-refractivity contribution in [1.82, 2.24) is 19.4 Å². The molecule has 50 heavy (non-hydrogen) atoms. The summed E-state index contributed by atoms with van der Waals surface area (Å²) in [6, 6.07) is 16.8. The summed E-state index contributed by atoms with van der Waals surface area (Å²) in [4.78, 5) is 25.3. The van der Waals surface area contributed by atoms with Crippen molar-refractivity contribution in [1.29, 1.82) is 0 Å². The zero-order chi connectivity index (χ0) is 35.5. The summed E-state index contributed by atoms with van der Waals surface area (Å²) < 4.78 is 54.1. The van der Waals surface area contributed by atoms with E-state index in [1.807, 2.05) is 37.3 Å². The molecule has 268 valence electrons. The minimum absolute atomic E-state index is 0.104. The molecule has 2 aliphatic heterocycles. The first-order valence-corrected chi connectivity index (χ1v) is 17.8. The second kappa shape index (κ2) is 15.4. The number of likely N-dealkylation sites (tertiary alicyclic amines) is 1. The molecular weight excluding hydrogens is 690 g/mol. The Balaban J connectivity index is 1.20. The molecule has 0 aliphatic carbocycles. The number of halogens is 5. The number of benzene rings is 3. The van der Waals surface area contributed by atoms with Crippen LogP contribution in [0.15, 0.2) is 60.7 Å². The molecule has 8 nitrogen and oxygen atoms in total. The zero-order valence-electron chi connectivity index (χ0n) is 28.3. The average Bonchev–Trinajstić information content (AvgIpc) is 3.63. The first kappa shape index (κ1) is 36.3. The van der Waals surface area contributed by atoms with Crippen molar-refractivity contribution in [3.05, 3.63) is 87.4 Å². The molecule has 4 aromatic rings. The van der Waals surface area contributed by atoms with Gasteiger partial charge in [-0.15, -0.1) is 0 Å². The van der Waals surface area contributed by atoms with Gasteiger partial charge in [-0.3, -0.25) is 4.79 Å². The first-order valence-electron chi connectivity index (χ1n) is 17.0. The van der Waals surface area contributed by atoms with Gasteiger partial charge in [0.15, 0.2) is 0 Å². The minimum atomic E-state index is -4.59. The molecule has 1 amide bonds. The Bertz CT molecular complexity index is 1820. The fourth-order valence-corrected chi connectivity index (χ4v) is 7.57. The molecule has 0 N–H and O–H groups in total. The zero-order valence-corrected chi connectivity index (χ0v) is 29.8. The van der Waals surface area contributed by atoms with Crippen LogP contribution < -0.4 is 9.64 Å². The second-order valence-electron chi connectivity index (χ2n) is 13.0. The fraction of sp³-hybridized carbons (Fsp3) is 0.459. The van der Waals surface area contributed by atoms with Crippen LogP contribution in [-0.2, 0) is 22.9 Å². The van der Waals surface area contributed by atoms with Crippen LogP contribution >= 0.6 is 23.2 Å². The third kappa shape index (κ3) is 7.71. The normalized spacial score (nSPS) is 18.9. The maximum absolute atomic E-state index is 13.8. The monoisotopic (exact) mass is 731 g/mol. The van der Waals surface area contributed by atoms with E-state index in [4.69, 9.17) is 37.7 Å². The van der Waals surface area contributed by atoms with Crippen LogP contribution in [0.2, 0.25) is 10.0 Å². The molecule has 0 bridgehead atoms. The molecule has 1 aromatic heterocycles. The summed E-state index contributed by atoms with van der Waals surface area (Å²) in [6.07, 6.45) is -2.29. The highest BCUT2D eigenvalue weighted by Gasteiger charge is 2.43. The molecule has 0 radical (unpaired) electrons. The van der Waals surface area contributed by atoms with Gasteiger partial charge in [0.2, 0.25) is 5.95 Å². The number of nitrogens with zero attached hydrogens (tertiary/aromatic N) is 5. The molecule has 0 spiro atoms. The van der Waals surface area contributed by atoms with E-state index in [0.29, 0.717) is 42.8 Å². The van der Waals surface area contributed by atoms with Crippen LogP contribution in [0.3, 0.4) is 0 Å². The first-order chi connectivity index (χ1) is 24.0.